The van der Waals surface area contributed by atoms with Crippen LogP contribution < -0.4 is 5.32 Å². The first-order valence-electron chi connectivity index (χ1n) is 7.03. The van der Waals surface area contributed by atoms with E-state index in [9.17, 15) is 19.8 Å². The number of aromatic hydroxyl groups is 2. The first-order valence-corrected chi connectivity index (χ1v) is 7.03. The number of carbonyl (C=O) groups excluding carboxylic acids is 2. The largest absolute Gasteiger partial charge is 0.504 e. The summed E-state index contributed by atoms with van der Waals surface area (Å²) in [6.45, 7) is 3.29. The summed E-state index contributed by atoms with van der Waals surface area (Å²) in [5.41, 5.74) is 0.121. The zero-order valence-corrected chi connectivity index (χ0v) is 12.0. The van der Waals surface area contributed by atoms with Crippen molar-refractivity contribution < 1.29 is 19.8 Å². The fourth-order valence-corrected chi connectivity index (χ4v) is 2.50. The molecule has 6 heteroatoms. The first-order chi connectivity index (χ1) is 9.99. The predicted molar refractivity (Wildman–Crippen MR) is 77.1 cm³/mol. The Hall–Kier alpha value is -2.24. The Morgan fingerprint density at radius 3 is 2.57 bits per heavy atom. The maximum atomic E-state index is 12.3. The minimum atomic E-state index is -0.372. The van der Waals surface area contributed by atoms with Gasteiger partial charge in [-0.15, -0.1) is 0 Å². The van der Waals surface area contributed by atoms with E-state index >= 15 is 0 Å². The van der Waals surface area contributed by atoms with Gasteiger partial charge < -0.3 is 20.4 Å². The van der Waals surface area contributed by atoms with Crippen molar-refractivity contribution in [1.82, 2.24) is 10.2 Å². The molecule has 1 saturated heterocycles. The topological polar surface area (TPSA) is 89.9 Å². The SMILES string of the molecule is CC(=O)NCC1CCN(C(=O)c2cccc(O)c2O)CC1. The monoisotopic (exact) mass is 292 g/mol. The second-order valence-electron chi connectivity index (χ2n) is 5.35. The molecule has 0 radical (unpaired) electrons. The molecule has 0 aromatic heterocycles. The van der Waals surface area contributed by atoms with Gasteiger partial charge in [0.15, 0.2) is 11.5 Å². The molecule has 2 amide bonds. The van der Waals surface area contributed by atoms with Crippen LogP contribution in [0.1, 0.15) is 30.1 Å². The molecule has 114 valence electrons. The summed E-state index contributed by atoms with van der Waals surface area (Å²) in [5.74, 6) is -0.612. The maximum absolute atomic E-state index is 12.3. The number of piperidine rings is 1. The second-order valence-corrected chi connectivity index (χ2v) is 5.35. The first kappa shape index (κ1) is 15.2. The molecule has 0 aliphatic carbocycles. The number of nitrogens with one attached hydrogen (secondary N) is 1. The van der Waals surface area contributed by atoms with Crippen LogP contribution in [0, 0.1) is 5.92 Å². The minimum absolute atomic E-state index is 0.0433. The zero-order valence-electron chi connectivity index (χ0n) is 12.0. The standard InChI is InChI=1S/C15H20N2O4/c1-10(18)16-9-11-5-7-17(8-6-11)15(21)12-3-2-4-13(19)14(12)20/h2-4,11,19-20H,5-9H2,1H3,(H,16,18). The molecular formula is C15H20N2O4. The quantitative estimate of drug-likeness (QED) is 0.727. The van der Waals surface area contributed by atoms with Crippen LogP contribution in [0.25, 0.3) is 0 Å². The number of carbonyl (C=O) groups is 2. The zero-order chi connectivity index (χ0) is 15.4. The summed E-state index contributed by atoms with van der Waals surface area (Å²) < 4.78 is 0. The number of rotatable bonds is 3. The van der Waals surface area contributed by atoms with Gasteiger partial charge in [-0.3, -0.25) is 9.59 Å². The van der Waals surface area contributed by atoms with Crippen molar-refractivity contribution in [2.75, 3.05) is 19.6 Å². The van der Waals surface area contributed by atoms with Crippen LogP contribution in [0.2, 0.25) is 0 Å². The molecule has 1 aromatic carbocycles. The molecule has 0 atom stereocenters. The Bertz CT molecular complexity index is 536. The van der Waals surface area contributed by atoms with E-state index in [1.165, 1.54) is 25.1 Å². The molecule has 2 rings (SSSR count). The number of phenolic OH excluding ortho intramolecular Hbond substituents is 2. The Balaban J connectivity index is 1.94. The lowest BCUT2D eigenvalue weighted by molar-refractivity contribution is -0.119. The molecular weight excluding hydrogens is 272 g/mol. The van der Waals surface area contributed by atoms with Gasteiger partial charge >= 0.3 is 0 Å². The van der Waals surface area contributed by atoms with Gasteiger partial charge in [0, 0.05) is 26.6 Å². The highest BCUT2D eigenvalue weighted by Gasteiger charge is 2.25. The normalized spacial score (nSPS) is 15.8. The third kappa shape index (κ3) is 3.65. The van der Waals surface area contributed by atoms with Crippen molar-refractivity contribution in [3.8, 4) is 11.5 Å². The van der Waals surface area contributed by atoms with E-state index in [0.29, 0.717) is 25.6 Å². The lowest BCUT2D eigenvalue weighted by atomic mass is 9.96. The van der Waals surface area contributed by atoms with Crippen molar-refractivity contribution in [2.45, 2.75) is 19.8 Å². The van der Waals surface area contributed by atoms with E-state index in [2.05, 4.69) is 5.32 Å². The maximum Gasteiger partial charge on any atom is 0.257 e. The molecule has 0 spiro atoms. The molecule has 1 heterocycles. The molecule has 1 aliphatic heterocycles. The number of amides is 2. The third-order valence-corrected chi connectivity index (χ3v) is 3.79. The van der Waals surface area contributed by atoms with Gasteiger partial charge in [0.2, 0.25) is 5.91 Å². The van der Waals surface area contributed by atoms with E-state index in [-0.39, 0.29) is 28.9 Å². The number of para-hydroxylation sites is 1. The van der Waals surface area contributed by atoms with Gasteiger partial charge in [-0.05, 0) is 30.9 Å². The number of benzene rings is 1. The van der Waals surface area contributed by atoms with Crippen LogP contribution >= 0.6 is 0 Å². The predicted octanol–water partition coefficient (Wildman–Crippen LogP) is 1.09. The van der Waals surface area contributed by atoms with E-state index in [0.717, 1.165) is 12.8 Å². The number of hydrogen-bond donors (Lipinski definition) is 3. The van der Waals surface area contributed by atoms with Gasteiger partial charge in [-0.1, -0.05) is 6.07 Å². The molecule has 1 aliphatic rings. The number of phenols is 2. The van der Waals surface area contributed by atoms with Gasteiger partial charge in [0.05, 0.1) is 5.56 Å². The van der Waals surface area contributed by atoms with E-state index < -0.39 is 0 Å². The third-order valence-electron chi connectivity index (χ3n) is 3.79. The Labute approximate surface area is 123 Å². The Kier molecular flexibility index (Phi) is 4.67. The summed E-state index contributed by atoms with van der Waals surface area (Å²) in [6, 6.07) is 4.37. The van der Waals surface area contributed by atoms with Crippen molar-refractivity contribution in [1.29, 1.82) is 0 Å². The van der Waals surface area contributed by atoms with Crippen LogP contribution in [0.3, 0.4) is 0 Å². The van der Waals surface area contributed by atoms with Gasteiger partial charge in [0.1, 0.15) is 0 Å². The van der Waals surface area contributed by atoms with Crippen molar-refractivity contribution in [3.05, 3.63) is 23.8 Å². The van der Waals surface area contributed by atoms with Gasteiger partial charge in [-0.2, -0.15) is 0 Å². The highest BCUT2D eigenvalue weighted by Crippen LogP contribution is 2.30. The van der Waals surface area contributed by atoms with Crippen molar-refractivity contribution in [3.63, 3.8) is 0 Å². The fourth-order valence-electron chi connectivity index (χ4n) is 2.50. The second kappa shape index (κ2) is 6.47. The Morgan fingerprint density at radius 2 is 1.95 bits per heavy atom. The van der Waals surface area contributed by atoms with Crippen LogP contribution in [-0.4, -0.2) is 46.6 Å². The fraction of sp³-hybridized carbons (Fsp3) is 0.467. The number of nitrogens with zero attached hydrogens (tertiary/aromatic N) is 1. The minimum Gasteiger partial charge on any atom is -0.504 e. The molecule has 1 aromatic rings. The summed E-state index contributed by atoms with van der Waals surface area (Å²) >= 11 is 0. The molecule has 0 saturated carbocycles. The van der Waals surface area contributed by atoms with Gasteiger partial charge in [0.25, 0.3) is 5.91 Å². The van der Waals surface area contributed by atoms with Gasteiger partial charge in [-0.25, -0.2) is 0 Å². The summed E-state index contributed by atoms with van der Waals surface area (Å²) in [5, 5.41) is 22.0. The molecule has 0 unspecified atom stereocenters. The number of likely N-dealkylation sites (tertiary alicyclic amines) is 1. The lowest BCUT2D eigenvalue weighted by Gasteiger charge is -2.32. The highest BCUT2D eigenvalue weighted by atomic mass is 16.3. The lowest BCUT2D eigenvalue weighted by Crippen LogP contribution is -2.41. The molecule has 0 bridgehead atoms. The smallest absolute Gasteiger partial charge is 0.257 e. The van der Waals surface area contributed by atoms with Crippen LogP contribution in [0.15, 0.2) is 18.2 Å². The number of hydrogen-bond acceptors (Lipinski definition) is 4. The van der Waals surface area contributed by atoms with Crippen molar-refractivity contribution >= 4 is 11.8 Å². The summed E-state index contributed by atoms with van der Waals surface area (Å²) in [4.78, 5) is 24.9. The molecule has 3 N–H and O–H groups in total. The van der Waals surface area contributed by atoms with Crippen LogP contribution in [0.4, 0.5) is 0 Å². The van der Waals surface area contributed by atoms with E-state index in [4.69, 9.17) is 0 Å². The van der Waals surface area contributed by atoms with E-state index in [1.807, 2.05) is 0 Å². The van der Waals surface area contributed by atoms with Crippen molar-refractivity contribution in [2.24, 2.45) is 5.92 Å². The van der Waals surface area contributed by atoms with E-state index in [1.54, 1.807) is 4.90 Å². The van der Waals surface area contributed by atoms with Crippen LogP contribution in [-0.2, 0) is 4.79 Å². The average molecular weight is 292 g/mol. The summed E-state index contributed by atoms with van der Waals surface area (Å²) in [7, 11) is 0. The molecule has 6 nitrogen and oxygen atoms in total. The molecule has 1 fully saturated rings. The van der Waals surface area contributed by atoms with Crippen LogP contribution in [0.5, 0.6) is 11.5 Å². The Morgan fingerprint density at radius 1 is 1.29 bits per heavy atom. The molecule has 21 heavy (non-hydrogen) atoms. The average Bonchev–Trinajstić information content (AvgIpc) is 2.48. The summed E-state index contributed by atoms with van der Waals surface area (Å²) in [6.07, 6.45) is 1.62. The highest BCUT2D eigenvalue weighted by molar-refractivity contribution is 5.97.